The van der Waals surface area contributed by atoms with Gasteiger partial charge in [0, 0.05) is 30.4 Å². The van der Waals surface area contributed by atoms with Gasteiger partial charge in [0.1, 0.15) is 22.5 Å². The standard InChI is InChI=1S/C23H20ClF2N7/c24-21-19(26)10-17(25)11-20(21)33-23(29-30-31-33)18-9-16(12-28-22(18)27)15-5-3-14(4-6-15)13-32-7-1-2-8-32/h3-6,9-12H,1-2,7-8,13H2,(H2,27,28). The molecule has 0 spiro atoms. The molecule has 33 heavy (non-hydrogen) atoms. The van der Waals surface area contributed by atoms with Crippen molar-refractivity contribution < 1.29 is 8.78 Å². The zero-order valence-corrected chi connectivity index (χ0v) is 18.3. The number of anilines is 1. The summed E-state index contributed by atoms with van der Waals surface area (Å²) in [6.45, 7) is 3.22. The molecule has 2 aromatic heterocycles. The highest BCUT2D eigenvalue weighted by Crippen LogP contribution is 2.32. The number of benzene rings is 2. The van der Waals surface area contributed by atoms with E-state index in [-0.39, 0.29) is 22.4 Å². The molecule has 0 aliphatic carbocycles. The Morgan fingerprint density at radius 3 is 2.52 bits per heavy atom. The number of nitrogens with zero attached hydrogens (tertiary/aromatic N) is 6. The molecule has 0 radical (unpaired) electrons. The molecule has 2 aromatic carbocycles. The van der Waals surface area contributed by atoms with Gasteiger partial charge >= 0.3 is 0 Å². The number of rotatable bonds is 5. The predicted octanol–water partition coefficient (Wildman–Crippen LogP) is 4.50. The zero-order chi connectivity index (χ0) is 22.9. The summed E-state index contributed by atoms with van der Waals surface area (Å²) in [5.74, 6) is -1.38. The van der Waals surface area contributed by atoms with E-state index in [9.17, 15) is 8.78 Å². The van der Waals surface area contributed by atoms with Gasteiger partial charge in [-0.25, -0.2) is 13.8 Å². The van der Waals surface area contributed by atoms with Crippen molar-refractivity contribution in [2.45, 2.75) is 19.4 Å². The Bertz CT molecular complexity index is 1300. The van der Waals surface area contributed by atoms with Crippen molar-refractivity contribution in [3.8, 4) is 28.2 Å². The van der Waals surface area contributed by atoms with Gasteiger partial charge in [-0.1, -0.05) is 35.9 Å². The van der Waals surface area contributed by atoms with Gasteiger partial charge < -0.3 is 5.73 Å². The van der Waals surface area contributed by atoms with Crippen LogP contribution in [0.1, 0.15) is 18.4 Å². The van der Waals surface area contributed by atoms with E-state index in [0.717, 1.165) is 41.5 Å². The van der Waals surface area contributed by atoms with Crippen molar-refractivity contribution in [3.63, 3.8) is 0 Å². The third-order valence-electron chi connectivity index (χ3n) is 5.72. The van der Waals surface area contributed by atoms with E-state index in [1.54, 1.807) is 12.3 Å². The maximum absolute atomic E-state index is 14.0. The molecule has 0 bridgehead atoms. The second kappa shape index (κ2) is 8.84. The van der Waals surface area contributed by atoms with Crippen LogP contribution in [0.15, 0.2) is 48.7 Å². The molecule has 0 unspecified atom stereocenters. The lowest BCUT2D eigenvalue weighted by Crippen LogP contribution is -2.18. The number of halogens is 3. The molecule has 0 amide bonds. The van der Waals surface area contributed by atoms with Crippen LogP contribution in [-0.2, 0) is 6.54 Å². The predicted molar refractivity (Wildman–Crippen MR) is 122 cm³/mol. The summed E-state index contributed by atoms with van der Waals surface area (Å²) in [6.07, 6.45) is 4.17. The molecule has 3 heterocycles. The first-order valence-electron chi connectivity index (χ1n) is 10.5. The second-order valence-corrected chi connectivity index (χ2v) is 8.35. The van der Waals surface area contributed by atoms with Crippen LogP contribution in [0.5, 0.6) is 0 Å². The molecule has 0 saturated carbocycles. The van der Waals surface area contributed by atoms with Gasteiger partial charge in [-0.2, -0.15) is 4.68 Å². The smallest absolute Gasteiger partial charge is 0.190 e. The van der Waals surface area contributed by atoms with Crippen LogP contribution in [0.25, 0.3) is 28.2 Å². The highest BCUT2D eigenvalue weighted by molar-refractivity contribution is 6.32. The topological polar surface area (TPSA) is 85.8 Å². The van der Waals surface area contributed by atoms with Gasteiger partial charge in [0.15, 0.2) is 5.82 Å². The molecular formula is C23H20ClF2N7. The summed E-state index contributed by atoms with van der Waals surface area (Å²) >= 11 is 6.05. The summed E-state index contributed by atoms with van der Waals surface area (Å²) in [4.78, 5) is 6.73. The Morgan fingerprint density at radius 1 is 1.00 bits per heavy atom. The molecule has 1 aliphatic heterocycles. The van der Waals surface area contributed by atoms with Gasteiger partial charge in [0.25, 0.3) is 0 Å². The fourth-order valence-corrected chi connectivity index (χ4v) is 4.22. The molecule has 0 atom stereocenters. The lowest BCUT2D eigenvalue weighted by atomic mass is 10.0. The molecule has 2 N–H and O–H groups in total. The summed E-state index contributed by atoms with van der Waals surface area (Å²) in [6, 6.07) is 11.8. The Balaban J connectivity index is 1.49. The van der Waals surface area contributed by atoms with Gasteiger partial charge in [-0.3, -0.25) is 4.90 Å². The third-order valence-corrected chi connectivity index (χ3v) is 6.10. The van der Waals surface area contributed by atoms with Gasteiger partial charge in [0.2, 0.25) is 0 Å². The third kappa shape index (κ3) is 4.29. The highest BCUT2D eigenvalue weighted by atomic mass is 35.5. The summed E-state index contributed by atoms with van der Waals surface area (Å²) < 4.78 is 29.0. The van der Waals surface area contributed by atoms with Crippen LogP contribution in [0.2, 0.25) is 5.02 Å². The summed E-state index contributed by atoms with van der Waals surface area (Å²) in [5.41, 5.74) is 9.49. The lowest BCUT2D eigenvalue weighted by molar-refractivity contribution is 0.331. The molecule has 1 aliphatic rings. The van der Waals surface area contributed by atoms with E-state index in [0.29, 0.717) is 11.6 Å². The maximum atomic E-state index is 14.0. The average Bonchev–Trinajstić information content (AvgIpc) is 3.49. The van der Waals surface area contributed by atoms with Gasteiger partial charge in [-0.15, -0.1) is 5.10 Å². The van der Waals surface area contributed by atoms with Crippen LogP contribution >= 0.6 is 11.6 Å². The first-order valence-corrected chi connectivity index (χ1v) is 10.9. The highest BCUT2D eigenvalue weighted by Gasteiger charge is 2.20. The SMILES string of the molecule is Nc1ncc(-c2ccc(CN3CCCC3)cc2)cc1-c1nnnn1-c1cc(F)cc(F)c1Cl. The van der Waals surface area contributed by atoms with E-state index < -0.39 is 11.6 Å². The van der Waals surface area contributed by atoms with Crippen LogP contribution in [0.4, 0.5) is 14.6 Å². The van der Waals surface area contributed by atoms with Crippen molar-refractivity contribution in [3.05, 3.63) is 70.9 Å². The minimum atomic E-state index is -0.915. The van der Waals surface area contributed by atoms with Crippen molar-refractivity contribution in [2.24, 2.45) is 0 Å². The number of hydrogen-bond acceptors (Lipinski definition) is 6. The number of tetrazole rings is 1. The molecule has 1 fully saturated rings. The number of nitrogen functional groups attached to an aromatic ring is 1. The second-order valence-electron chi connectivity index (χ2n) is 7.97. The summed E-state index contributed by atoms with van der Waals surface area (Å²) in [5, 5.41) is 11.2. The van der Waals surface area contributed by atoms with Crippen molar-refractivity contribution in [1.82, 2.24) is 30.1 Å². The number of aromatic nitrogens is 5. The van der Waals surface area contributed by atoms with E-state index in [1.165, 1.54) is 18.4 Å². The molecule has 1 saturated heterocycles. The van der Waals surface area contributed by atoms with E-state index in [1.807, 2.05) is 12.1 Å². The Morgan fingerprint density at radius 2 is 1.76 bits per heavy atom. The van der Waals surface area contributed by atoms with E-state index in [4.69, 9.17) is 17.3 Å². The van der Waals surface area contributed by atoms with Crippen molar-refractivity contribution in [2.75, 3.05) is 18.8 Å². The Kier molecular flexibility index (Phi) is 5.74. The summed E-state index contributed by atoms with van der Waals surface area (Å²) in [7, 11) is 0. The van der Waals surface area contributed by atoms with Crippen LogP contribution in [0.3, 0.4) is 0 Å². The first kappa shape index (κ1) is 21.4. The Labute approximate surface area is 193 Å². The average molecular weight is 468 g/mol. The fourth-order valence-electron chi connectivity index (χ4n) is 4.03. The first-order chi connectivity index (χ1) is 16.0. The molecule has 168 valence electrons. The van der Waals surface area contributed by atoms with Crippen LogP contribution in [-0.4, -0.2) is 43.2 Å². The number of likely N-dealkylation sites (tertiary alicyclic amines) is 1. The quantitative estimate of drug-likeness (QED) is 0.435. The Hall–Kier alpha value is -3.43. The van der Waals surface area contributed by atoms with Gasteiger partial charge in [-0.05, 0) is 53.6 Å². The van der Waals surface area contributed by atoms with E-state index >= 15 is 0 Å². The number of hydrogen-bond donors (Lipinski definition) is 1. The minimum absolute atomic E-state index is 0.0368. The monoisotopic (exact) mass is 467 g/mol. The lowest BCUT2D eigenvalue weighted by Gasteiger charge is -2.15. The molecule has 10 heteroatoms. The maximum Gasteiger partial charge on any atom is 0.190 e. The normalized spacial score (nSPS) is 14.2. The van der Waals surface area contributed by atoms with Crippen molar-refractivity contribution in [1.29, 1.82) is 0 Å². The molecule has 7 nitrogen and oxygen atoms in total. The van der Waals surface area contributed by atoms with Crippen LogP contribution < -0.4 is 5.73 Å². The molecule has 4 aromatic rings. The zero-order valence-electron chi connectivity index (χ0n) is 17.5. The number of nitrogens with two attached hydrogens (primary N) is 1. The number of pyridine rings is 1. The fraction of sp³-hybridized carbons (Fsp3) is 0.217. The molecule has 5 rings (SSSR count). The largest absolute Gasteiger partial charge is 0.383 e. The van der Waals surface area contributed by atoms with Gasteiger partial charge in [0.05, 0.1) is 11.3 Å². The van der Waals surface area contributed by atoms with E-state index in [2.05, 4.69) is 37.5 Å². The van der Waals surface area contributed by atoms with Crippen LogP contribution in [0, 0.1) is 11.6 Å². The van der Waals surface area contributed by atoms with Crippen molar-refractivity contribution >= 4 is 17.4 Å². The minimum Gasteiger partial charge on any atom is -0.383 e. The molecular weight excluding hydrogens is 448 g/mol.